The van der Waals surface area contributed by atoms with Gasteiger partial charge < -0.3 is 0 Å². The Morgan fingerprint density at radius 2 is 2.00 bits per heavy atom. The first-order valence-corrected chi connectivity index (χ1v) is 3.41. The van der Waals surface area contributed by atoms with Crippen LogP contribution in [0.1, 0.15) is 17.5 Å². The summed E-state index contributed by atoms with van der Waals surface area (Å²) in [6, 6.07) is 0. The maximum absolute atomic E-state index is 12.1. The van der Waals surface area contributed by atoms with Crippen LogP contribution in [0.15, 0.2) is 6.58 Å². The molecule has 1 aromatic heterocycles. The van der Waals surface area contributed by atoms with E-state index in [4.69, 9.17) is 0 Å². The standard InChI is InChI=1S/C7H6F3N3/c1-3-5-11-4(2)12-6(13-5)7(8,9)10/h3H,1H2,2H3/p+1. The van der Waals surface area contributed by atoms with Gasteiger partial charge in [-0.25, -0.2) is 4.98 Å². The molecule has 1 N–H and O–H groups in total. The number of nitrogens with zero attached hydrogens (tertiary/aromatic N) is 2. The average molecular weight is 190 g/mol. The predicted octanol–water partition coefficient (Wildman–Crippen LogP) is 1.26. The maximum atomic E-state index is 12.1. The third-order valence-electron chi connectivity index (χ3n) is 1.26. The topological polar surface area (TPSA) is 39.9 Å². The van der Waals surface area contributed by atoms with Crippen LogP contribution in [0.4, 0.5) is 13.2 Å². The molecule has 0 amide bonds. The van der Waals surface area contributed by atoms with Gasteiger partial charge in [-0.1, -0.05) is 16.5 Å². The number of H-pyrrole nitrogens is 1. The Morgan fingerprint density at radius 1 is 1.38 bits per heavy atom. The molecular formula is C7H7F3N3+. The number of aryl methyl sites for hydroxylation is 1. The van der Waals surface area contributed by atoms with Crippen molar-refractivity contribution >= 4 is 6.08 Å². The monoisotopic (exact) mass is 190 g/mol. The van der Waals surface area contributed by atoms with Crippen LogP contribution in [0.5, 0.6) is 0 Å². The van der Waals surface area contributed by atoms with E-state index in [1.165, 1.54) is 13.0 Å². The second-order valence-electron chi connectivity index (χ2n) is 2.33. The van der Waals surface area contributed by atoms with E-state index in [-0.39, 0.29) is 11.6 Å². The van der Waals surface area contributed by atoms with Crippen molar-refractivity contribution in [3.63, 3.8) is 0 Å². The number of halogens is 3. The number of alkyl halides is 3. The molecule has 0 unspecified atom stereocenters. The normalized spacial score (nSPS) is 11.4. The van der Waals surface area contributed by atoms with Crippen LogP contribution in [0.3, 0.4) is 0 Å². The minimum atomic E-state index is -4.48. The Bertz CT molecular complexity index is 332. The van der Waals surface area contributed by atoms with Gasteiger partial charge in [-0.15, -0.1) is 0 Å². The van der Waals surface area contributed by atoms with Crippen molar-refractivity contribution in [1.29, 1.82) is 0 Å². The summed E-state index contributed by atoms with van der Waals surface area (Å²) in [7, 11) is 0. The molecule has 1 rings (SSSR count). The first kappa shape index (κ1) is 9.63. The number of aromatic amines is 1. The van der Waals surface area contributed by atoms with Crippen molar-refractivity contribution < 1.29 is 18.2 Å². The number of rotatable bonds is 1. The lowest BCUT2D eigenvalue weighted by molar-refractivity contribution is -0.438. The van der Waals surface area contributed by atoms with Gasteiger partial charge in [0.2, 0.25) is 0 Å². The summed E-state index contributed by atoms with van der Waals surface area (Å²) in [5.74, 6) is -0.948. The zero-order chi connectivity index (χ0) is 10.1. The summed E-state index contributed by atoms with van der Waals surface area (Å²) < 4.78 is 36.4. The van der Waals surface area contributed by atoms with Gasteiger partial charge in [-0.05, 0) is 0 Å². The summed E-state index contributed by atoms with van der Waals surface area (Å²) in [6.45, 7) is 4.69. The summed E-state index contributed by atoms with van der Waals surface area (Å²) in [5.41, 5.74) is 0. The summed E-state index contributed by atoms with van der Waals surface area (Å²) in [5, 5.41) is 0. The molecule has 0 fully saturated rings. The lowest BCUT2D eigenvalue weighted by Crippen LogP contribution is -2.27. The third kappa shape index (κ3) is 2.24. The van der Waals surface area contributed by atoms with Gasteiger partial charge in [0.15, 0.2) is 0 Å². The van der Waals surface area contributed by atoms with Crippen LogP contribution >= 0.6 is 0 Å². The fourth-order valence-electron chi connectivity index (χ4n) is 0.769. The van der Waals surface area contributed by atoms with Crippen LogP contribution in [0.2, 0.25) is 0 Å². The van der Waals surface area contributed by atoms with E-state index in [1.54, 1.807) is 0 Å². The summed E-state index contributed by atoms with van der Waals surface area (Å²) in [6.07, 6.45) is -3.28. The molecule has 3 nitrogen and oxygen atoms in total. The van der Waals surface area contributed by atoms with Crippen LogP contribution in [0.25, 0.3) is 6.08 Å². The highest BCUT2D eigenvalue weighted by Crippen LogP contribution is 2.23. The van der Waals surface area contributed by atoms with E-state index in [0.717, 1.165) is 0 Å². The minimum absolute atomic E-state index is 0.0554. The highest BCUT2D eigenvalue weighted by atomic mass is 19.4. The molecule has 0 saturated heterocycles. The second kappa shape index (κ2) is 3.12. The van der Waals surface area contributed by atoms with E-state index < -0.39 is 12.0 Å². The van der Waals surface area contributed by atoms with E-state index >= 15 is 0 Å². The molecule has 0 bridgehead atoms. The van der Waals surface area contributed by atoms with Crippen molar-refractivity contribution in [2.24, 2.45) is 0 Å². The van der Waals surface area contributed by atoms with Gasteiger partial charge in [-0.2, -0.15) is 13.2 Å². The molecule has 0 atom stereocenters. The molecule has 0 aliphatic carbocycles. The van der Waals surface area contributed by atoms with Gasteiger partial charge in [0, 0.05) is 13.0 Å². The first-order valence-electron chi connectivity index (χ1n) is 3.41. The van der Waals surface area contributed by atoms with Crippen molar-refractivity contribution in [2.45, 2.75) is 13.1 Å². The Labute approximate surface area is 72.4 Å². The molecule has 0 spiro atoms. The van der Waals surface area contributed by atoms with Crippen molar-refractivity contribution in [1.82, 2.24) is 9.97 Å². The molecule has 0 radical (unpaired) electrons. The lowest BCUT2D eigenvalue weighted by Gasteiger charge is -1.99. The smallest absolute Gasteiger partial charge is 0.236 e. The SMILES string of the molecule is C=Cc1nc(C)nc(C(F)(F)F)[nH+]1. The molecule has 0 aliphatic heterocycles. The lowest BCUT2D eigenvalue weighted by atomic mass is 10.5. The summed E-state index contributed by atoms with van der Waals surface area (Å²) >= 11 is 0. The second-order valence-corrected chi connectivity index (χ2v) is 2.33. The fourth-order valence-corrected chi connectivity index (χ4v) is 0.769. The minimum Gasteiger partial charge on any atom is -0.236 e. The molecule has 13 heavy (non-hydrogen) atoms. The van der Waals surface area contributed by atoms with Crippen molar-refractivity contribution in [3.8, 4) is 0 Å². The highest BCUT2D eigenvalue weighted by molar-refractivity contribution is 5.31. The van der Waals surface area contributed by atoms with Crippen LogP contribution < -0.4 is 4.98 Å². The first-order chi connectivity index (χ1) is 5.93. The molecule has 1 heterocycles. The summed E-state index contributed by atoms with van der Waals surface area (Å²) in [4.78, 5) is 8.90. The Morgan fingerprint density at radius 3 is 2.46 bits per heavy atom. The number of nitrogens with one attached hydrogen (secondary N) is 1. The van der Waals surface area contributed by atoms with Gasteiger partial charge in [0.1, 0.15) is 0 Å². The highest BCUT2D eigenvalue weighted by Gasteiger charge is 2.40. The van der Waals surface area contributed by atoms with E-state index in [0.29, 0.717) is 0 Å². The molecule has 1 aromatic rings. The van der Waals surface area contributed by atoms with Gasteiger partial charge in [0.25, 0.3) is 11.6 Å². The average Bonchev–Trinajstić information content (AvgIpc) is 2.01. The molecule has 70 valence electrons. The predicted molar refractivity (Wildman–Crippen MR) is 38.4 cm³/mol. The molecule has 6 heteroatoms. The van der Waals surface area contributed by atoms with Gasteiger partial charge in [0.05, 0.1) is 0 Å². The molecule has 0 aliphatic rings. The van der Waals surface area contributed by atoms with Crippen LogP contribution in [-0.2, 0) is 6.18 Å². The number of hydrogen-bond donors (Lipinski definition) is 0. The Kier molecular flexibility index (Phi) is 2.31. The van der Waals surface area contributed by atoms with Gasteiger partial charge >= 0.3 is 12.0 Å². The Balaban J connectivity index is 3.24. The maximum Gasteiger partial charge on any atom is 0.482 e. The van der Waals surface area contributed by atoms with Crippen molar-refractivity contribution in [2.75, 3.05) is 0 Å². The van der Waals surface area contributed by atoms with Crippen LogP contribution in [-0.4, -0.2) is 9.97 Å². The number of hydrogen-bond acceptors (Lipinski definition) is 2. The van der Waals surface area contributed by atoms with Gasteiger partial charge in [-0.3, -0.25) is 0 Å². The largest absolute Gasteiger partial charge is 0.482 e. The third-order valence-corrected chi connectivity index (χ3v) is 1.26. The molecule has 0 saturated carbocycles. The van der Waals surface area contributed by atoms with E-state index in [1.807, 2.05) is 4.98 Å². The van der Waals surface area contributed by atoms with E-state index in [2.05, 4.69) is 16.5 Å². The molecule has 0 aromatic carbocycles. The Hall–Kier alpha value is -1.46. The molecular weight excluding hydrogens is 183 g/mol. The fraction of sp³-hybridized carbons (Fsp3) is 0.286. The quantitative estimate of drug-likeness (QED) is 0.668. The zero-order valence-electron chi connectivity index (χ0n) is 6.81. The number of aromatic nitrogens is 3. The van der Waals surface area contributed by atoms with Crippen molar-refractivity contribution in [3.05, 3.63) is 24.1 Å². The van der Waals surface area contributed by atoms with E-state index in [9.17, 15) is 13.2 Å². The zero-order valence-corrected chi connectivity index (χ0v) is 6.81. The van der Waals surface area contributed by atoms with Crippen LogP contribution in [0, 0.1) is 6.92 Å².